The number of hydrogen-bond donors (Lipinski definition) is 1. The molecule has 0 aliphatic carbocycles. The van der Waals surface area contributed by atoms with Crippen molar-refractivity contribution >= 4 is 23.2 Å². The van der Waals surface area contributed by atoms with Crippen molar-refractivity contribution in [2.45, 2.75) is 6.54 Å². The number of amides is 1. The van der Waals surface area contributed by atoms with Crippen LogP contribution >= 0.6 is 11.6 Å². The highest BCUT2D eigenvalue weighted by Gasteiger charge is 2.10. The second-order valence-electron chi connectivity index (χ2n) is 6.87. The highest BCUT2D eigenvalue weighted by atomic mass is 35.5. The van der Waals surface area contributed by atoms with E-state index in [9.17, 15) is 4.79 Å². The van der Waals surface area contributed by atoms with E-state index >= 15 is 0 Å². The van der Waals surface area contributed by atoms with Gasteiger partial charge in [-0.1, -0.05) is 29.8 Å². The molecule has 1 aromatic heterocycles. The molecule has 1 aliphatic rings. The summed E-state index contributed by atoms with van der Waals surface area (Å²) in [4.78, 5) is 19.2. The first-order valence-electron chi connectivity index (χ1n) is 9.62. The van der Waals surface area contributed by atoms with Gasteiger partial charge in [0.15, 0.2) is 0 Å². The monoisotopic (exact) mass is 413 g/mol. The van der Waals surface area contributed by atoms with E-state index in [4.69, 9.17) is 11.6 Å². The molecule has 1 amide bonds. The van der Waals surface area contributed by atoms with Crippen LogP contribution in [0.1, 0.15) is 15.9 Å². The lowest BCUT2D eigenvalue weighted by molar-refractivity contribution is 0.102. The summed E-state index contributed by atoms with van der Waals surface area (Å²) in [6.45, 7) is 1.58. The maximum absolute atomic E-state index is 12.7. The van der Waals surface area contributed by atoms with Crippen molar-refractivity contribution in [3.63, 3.8) is 0 Å². The van der Waals surface area contributed by atoms with Crippen molar-refractivity contribution in [1.29, 1.82) is 0 Å². The molecule has 0 saturated carbocycles. The molecule has 4 rings (SSSR count). The van der Waals surface area contributed by atoms with Crippen LogP contribution in [0.2, 0.25) is 5.02 Å². The molecule has 148 valence electrons. The highest BCUT2D eigenvalue weighted by molar-refractivity contribution is 6.33. The molecule has 2 heterocycles. The fourth-order valence-electron chi connectivity index (χ4n) is 3.16. The first kappa shape index (κ1) is 19.7. The number of nitrogens with one attached hydrogen (secondary N) is 1. The van der Waals surface area contributed by atoms with Crippen molar-refractivity contribution in [1.82, 2.24) is 9.88 Å². The molecule has 0 spiro atoms. The molecule has 3 aromatic rings. The Morgan fingerprint density at radius 2 is 2.00 bits per heavy atom. The van der Waals surface area contributed by atoms with Gasteiger partial charge in [-0.05, 0) is 66.3 Å². The van der Waals surface area contributed by atoms with Gasteiger partial charge >= 0.3 is 0 Å². The third-order valence-electron chi connectivity index (χ3n) is 4.70. The van der Waals surface area contributed by atoms with E-state index in [0.29, 0.717) is 16.3 Å². The second kappa shape index (κ2) is 9.27. The molecule has 30 heavy (non-hydrogen) atoms. The SMILES string of the molecule is O=C(Nc1ccc(Cl)c(-c2ccccn2)c1)c1ccc(CN2C=CC=C=CC2)cc1. The molecule has 0 saturated heterocycles. The van der Waals surface area contributed by atoms with Crippen molar-refractivity contribution in [2.75, 3.05) is 11.9 Å². The largest absolute Gasteiger partial charge is 0.369 e. The zero-order valence-corrected chi connectivity index (χ0v) is 17.0. The van der Waals surface area contributed by atoms with Crippen LogP contribution in [-0.2, 0) is 6.54 Å². The number of carbonyl (C=O) groups is 1. The molecule has 2 aromatic carbocycles. The molecule has 4 nitrogen and oxygen atoms in total. The molecule has 0 radical (unpaired) electrons. The fraction of sp³-hybridized carbons (Fsp3) is 0.0800. The highest BCUT2D eigenvalue weighted by Crippen LogP contribution is 2.29. The Morgan fingerprint density at radius 1 is 1.13 bits per heavy atom. The van der Waals surface area contributed by atoms with Crippen LogP contribution in [0, 0.1) is 0 Å². The summed E-state index contributed by atoms with van der Waals surface area (Å²) >= 11 is 6.32. The summed E-state index contributed by atoms with van der Waals surface area (Å²) in [5.74, 6) is -0.169. The molecule has 0 bridgehead atoms. The Morgan fingerprint density at radius 3 is 2.80 bits per heavy atom. The lowest BCUT2D eigenvalue weighted by atomic mass is 10.1. The van der Waals surface area contributed by atoms with Gasteiger partial charge in [-0.2, -0.15) is 0 Å². The van der Waals surface area contributed by atoms with Gasteiger partial charge in [0.1, 0.15) is 0 Å². The minimum Gasteiger partial charge on any atom is -0.369 e. The number of hydrogen-bond acceptors (Lipinski definition) is 3. The standard InChI is InChI=1S/C25H20ClN3O/c26-23-13-12-21(17-22(23)24-7-3-4-14-27-24)28-25(30)20-10-8-19(9-11-20)18-29-15-5-1-2-6-16-29/h1,3-15,17H,16,18H2,(H,28,30). The van der Waals surface area contributed by atoms with Gasteiger partial charge in [0.2, 0.25) is 0 Å². The zero-order chi connectivity index (χ0) is 20.8. The quantitative estimate of drug-likeness (QED) is 0.546. The third-order valence-corrected chi connectivity index (χ3v) is 5.03. The minimum absolute atomic E-state index is 0.169. The van der Waals surface area contributed by atoms with Crippen molar-refractivity contribution in [3.05, 3.63) is 113 Å². The number of rotatable bonds is 5. The first-order valence-corrected chi connectivity index (χ1v) is 10.00. The van der Waals surface area contributed by atoms with E-state index < -0.39 is 0 Å². The average molecular weight is 414 g/mol. The molecule has 0 unspecified atom stereocenters. The summed E-state index contributed by atoms with van der Waals surface area (Å²) in [6.07, 6.45) is 9.61. The zero-order valence-electron chi connectivity index (χ0n) is 16.3. The summed E-state index contributed by atoms with van der Waals surface area (Å²) in [5, 5.41) is 3.53. The van der Waals surface area contributed by atoms with E-state index in [0.717, 1.165) is 29.9 Å². The summed E-state index contributed by atoms with van der Waals surface area (Å²) in [6, 6.07) is 18.7. The number of anilines is 1. The van der Waals surface area contributed by atoms with Crippen LogP contribution in [-0.4, -0.2) is 22.3 Å². The number of nitrogens with zero attached hydrogens (tertiary/aromatic N) is 2. The van der Waals surface area contributed by atoms with Gasteiger partial charge in [0, 0.05) is 42.3 Å². The lowest BCUT2D eigenvalue weighted by Crippen LogP contribution is -2.16. The van der Waals surface area contributed by atoms with E-state index in [1.807, 2.05) is 73.0 Å². The van der Waals surface area contributed by atoms with E-state index in [-0.39, 0.29) is 5.91 Å². The van der Waals surface area contributed by atoms with Crippen LogP contribution in [0.5, 0.6) is 0 Å². The van der Waals surface area contributed by atoms with Crippen molar-refractivity contribution < 1.29 is 4.79 Å². The first-order chi connectivity index (χ1) is 14.7. The Kier molecular flexibility index (Phi) is 6.09. The van der Waals surface area contributed by atoms with Crippen LogP contribution in [0.3, 0.4) is 0 Å². The smallest absolute Gasteiger partial charge is 0.255 e. The number of aromatic nitrogens is 1. The molecular weight excluding hydrogens is 394 g/mol. The summed E-state index contributed by atoms with van der Waals surface area (Å²) in [7, 11) is 0. The van der Waals surface area contributed by atoms with Gasteiger partial charge in [0.25, 0.3) is 5.91 Å². The third kappa shape index (κ3) is 4.87. The predicted molar refractivity (Wildman–Crippen MR) is 121 cm³/mol. The Labute approximate surface area is 180 Å². The lowest BCUT2D eigenvalue weighted by Gasteiger charge is -2.17. The number of allylic oxidation sites excluding steroid dienone is 1. The fourth-order valence-corrected chi connectivity index (χ4v) is 3.37. The average Bonchev–Trinajstić information content (AvgIpc) is 3.05. The minimum atomic E-state index is -0.169. The van der Waals surface area contributed by atoms with Gasteiger partial charge in [0.05, 0.1) is 10.7 Å². The Balaban J connectivity index is 1.44. The molecule has 0 atom stereocenters. The van der Waals surface area contributed by atoms with Gasteiger partial charge in [-0.15, -0.1) is 5.73 Å². The maximum atomic E-state index is 12.7. The number of pyridine rings is 1. The maximum Gasteiger partial charge on any atom is 0.255 e. The molecule has 5 heteroatoms. The Bertz CT molecular complexity index is 1130. The summed E-state index contributed by atoms with van der Waals surface area (Å²) < 4.78 is 0. The van der Waals surface area contributed by atoms with Crippen molar-refractivity contribution in [2.24, 2.45) is 0 Å². The molecule has 0 fully saturated rings. The van der Waals surface area contributed by atoms with Gasteiger partial charge < -0.3 is 10.2 Å². The Hall–Kier alpha value is -3.59. The number of carbonyl (C=O) groups excluding carboxylic acids is 1. The van der Waals surface area contributed by atoms with Gasteiger partial charge in [-0.25, -0.2) is 0 Å². The van der Waals surface area contributed by atoms with Crippen LogP contribution in [0.25, 0.3) is 11.3 Å². The number of benzene rings is 2. The van der Waals surface area contributed by atoms with Crippen LogP contribution in [0.4, 0.5) is 5.69 Å². The van der Waals surface area contributed by atoms with Crippen LogP contribution < -0.4 is 5.32 Å². The molecular formula is C25H20ClN3O. The topological polar surface area (TPSA) is 45.2 Å². The van der Waals surface area contributed by atoms with E-state index in [1.54, 1.807) is 18.3 Å². The van der Waals surface area contributed by atoms with Crippen LogP contribution in [0.15, 0.2) is 97.0 Å². The van der Waals surface area contributed by atoms with E-state index in [1.165, 1.54) is 0 Å². The second-order valence-corrected chi connectivity index (χ2v) is 7.28. The molecule has 1 N–H and O–H groups in total. The summed E-state index contributed by atoms with van der Waals surface area (Å²) in [5.41, 5.74) is 7.02. The van der Waals surface area contributed by atoms with Gasteiger partial charge in [-0.3, -0.25) is 9.78 Å². The normalized spacial score (nSPS) is 12.6. The number of halogens is 1. The molecule has 1 aliphatic heterocycles. The predicted octanol–water partition coefficient (Wildman–Crippen LogP) is 5.69. The van der Waals surface area contributed by atoms with Crippen molar-refractivity contribution in [3.8, 4) is 11.3 Å². The van der Waals surface area contributed by atoms with E-state index in [2.05, 4.69) is 20.9 Å².